The van der Waals surface area contributed by atoms with Gasteiger partial charge in [0.1, 0.15) is 0 Å². The van der Waals surface area contributed by atoms with Gasteiger partial charge in [-0.2, -0.15) is 0 Å². The van der Waals surface area contributed by atoms with Gasteiger partial charge in [-0.15, -0.1) is 11.8 Å². The average molecular weight is 207 g/mol. The van der Waals surface area contributed by atoms with Gasteiger partial charge in [0, 0.05) is 18.9 Å². The molecular weight excluding hydrogens is 186 g/mol. The highest BCUT2D eigenvalue weighted by atomic mass is 16.1. The summed E-state index contributed by atoms with van der Waals surface area (Å²) in [5, 5.41) is 2.96. The quantitative estimate of drug-likeness (QED) is 0.558. The van der Waals surface area contributed by atoms with Crippen LogP contribution in [-0.4, -0.2) is 12.5 Å². The highest BCUT2D eigenvalue weighted by Gasteiger charge is 2.23. The Hall–Kier alpha value is -0.970. The fourth-order valence-electron chi connectivity index (χ4n) is 2.04. The molecule has 1 fully saturated rings. The van der Waals surface area contributed by atoms with E-state index in [4.69, 9.17) is 0 Å². The number of carbonyl (C=O) groups is 1. The van der Waals surface area contributed by atoms with E-state index in [0.29, 0.717) is 6.54 Å². The number of hydrogen-bond donors (Lipinski definition) is 1. The Labute approximate surface area is 92.8 Å². The zero-order chi connectivity index (χ0) is 11.1. The highest BCUT2D eigenvalue weighted by molar-refractivity contribution is 5.78. The number of hydrogen-bond acceptors (Lipinski definition) is 1. The van der Waals surface area contributed by atoms with Crippen molar-refractivity contribution in [3.8, 4) is 11.8 Å². The summed E-state index contributed by atoms with van der Waals surface area (Å²) in [6, 6.07) is 0. The Morgan fingerprint density at radius 1 is 1.33 bits per heavy atom. The van der Waals surface area contributed by atoms with E-state index in [1.54, 1.807) is 0 Å². The van der Waals surface area contributed by atoms with Crippen molar-refractivity contribution in [1.29, 1.82) is 0 Å². The van der Waals surface area contributed by atoms with Gasteiger partial charge in [-0.1, -0.05) is 6.92 Å². The van der Waals surface area contributed by atoms with Crippen LogP contribution in [0.3, 0.4) is 0 Å². The fourth-order valence-corrected chi connectivity index (χ4v) is 2.04. The van der Waals surface area contributed by atoms with Crippen LogP contribution in [0.2, 0.25) is 0 Å². The molecule has 1 aliphatic carbocycles. The molecule has 0 heterocycles. The standard InChI is InChI=1S/C13H21NO/c1-3-4-5-10-14-13(15)12-8-6-11(2)7-9-12/h11-12H,5-10H2,1-2H3,(H,14,15). The van der Waals surface area contributed by atoms with Gasteiger partial charge in [0.2, 0.25) is 5.91 Å². The largest absolute Gasteiger partial charge is 0.355 e. The summed E-state index contributed by atoms with van der Waals surface area (Å²) in [5.74, 6) is 7.08. The van der Waals surface area contributed by atoms with Crippen LogP contribution < -0.4 is 5.32 Å². The molecule has 2 heteroatoms. The molecule has 0 aromatic heterocycles. The third-order valence-electron chi connectivity index (χ3n) is 3.11. The van der Waals surface area contributed by atoms with Crippen LogP contribution in [0.25, 0.3) is 0 Å². The summed E-state index contributed by atoms with van der Waals surface area (Å²) in [5.41, 5.74) is 0. The van der Waals surface area contributed by atoms with E-state index in [-0.39, 0.29) is 11.8 Å². The van der Waals surface area contributed by atoms with E-state index in [0.717, 1.165) is 25.2 Å². The normalized spacial score (nSPS) is 25.2. The van der Waals surface area contributed by atoms with Crippen LogP contribution in [0.15, 0.2) is 0 Å². The van der Waals surface area contributed by atoms with E-state index < -0.39 is 0 Å². The molecule has 1 aliphatic rings. The Balaban J connectivity index is 2.18. The monoisotopic (exact) mass is 207 g/mol. The molecule has 1 N–H and O–H groups in total. The first kappa shape index (κ1) is 12.1. The SMILES string of the molecule is CC#CCCNC(=O)C1CCC(C)CC1. The first-order valence-corrected chi connectivity index (χ1v) is 5.91. The van der Waals surface area contributed by atoms with Crippen LogP contribution in [0, 0.1) is 23.7 Å². The lowest BCUT2D eigenvalue weighted by Gasteiger charge is -2.25. The molecular formula is C13H21NO. The number of amides is 1. The average Bonchev–Trinajstić information content (AvgIpc) is 2.25. The van der Waals surface area contributed by atoms with E-state index in [9.17, 15) is 4.79 Å². The summed E-state index contributed by atoms with van der Waals surface area (Å²) in [6.07, 6.45) is 5.30. The molecule has 0 aliphatic heterocycles. The van der Waals surface area contributed by atoms with Crippen molar-refractivity contribution in [2.24, 2.45) is 11.8 Å². The van der Waals surface area contributed by atoms with Crippen molar-refractivity contribution in [2.45, 2.75) is 46.0 Å². The molecule has 2 nitrogen and oxygen atoms in total. The second-order valence-electron chi connectivity index (χ2n) is 4.42. The third-order valence-corrected chi connectivity index (χ3v) is 3.11. The van der Waals surface area contributed by atoms with E-state index in [1.165, 1.54) is 12.8 Å². The maximum absolute atomic E-state index is 11.7. The zero-order valence-electron chi connectivity index (χ0n) is 9.81. The Morgan fingerprint density at radius 3 is 2.60 bits per heavy atom. The Morgan fingerprint density at radius 2 is 2.00 bits per heavy atom. The van der Waals surface area contributed by atoms with Gasteiger partial charge in [0.25, 0.3) is 0 Å². The molecule has 0 unspecified atom stereocenters. The maximum atomic E-state index is 11.7. The second-order valence-corrected chi connectivity index (χ2v) is 4.42. The second kappa shape index (κ2) is 6.50. The third kappa shape index (κ3) is 4.38. The van der Waals surface area contributed by atoms with Crippen molar-refractivity contribution in [1.82, 2.24) is 5.32 Å². The van der Waals surface area contributed by atoms with Gasteiger partial charge >= 0.3 is 0 Å². The molecule has 0 aromatic rings. The number of rotatable bonds is 3. The van der Waals surface area contributed by atoms with Crippen LogP contribution in [0.5, 0.6) is 0 Å². The minimum absolute atomic E-state index is 0.236. The van der Waals surface area contributed by atoms with Crippen molar-refractivity contribution in [3.05, 3.63) is 0 Å². The molecule has 84 valence electrons. The smallest absolute Gasteiger partial charge is 0.223 e. The maximum Gasteiger partial charge on any atom is 0.223 e. The first-order valence-electron chi connectivity index (χ1n) is 5.91. The van der Waals surface area contributed by atoms with Gasteiger partial charge < -0.3 is 5.32 Å². The lowest BCUT2D eigenvalue weighted by molar-refractivity contribution is -0.126. The van der Waals surface area contributed by atoms with Gasteiger partial charge in [-0.3, -0.25) is 4.79 Å². The summed E-state index contributed by atoms with van der Waals surface area (Å²) in [7, 11) is 0. The summed E-state index contributed by atoms with van der Waals surface area (Å²) in [4.78, 5) is 11.7. The van der Waals surface area contributed by atoms with Gasteiger partial charge in [0.15, 0.2) is 0 Å². The van der Waals surface area contributed by atoms with E-state index in [2.05, 4.69) is 24.1 Å². The topological polar surface area (TPSA) is 29.1 Å². The van der Waals surface area contributed by atoms with Crippen molar-refractivity contribution >= 4 is 5.91 Å². The molecule has 1 rings (SSSR count). The highest BCUT2D eigenvalue weighted by Crippen LogP contribution is 2.28. The molecule has 0 radical (unpaired) electrons. The van der Waals surface area contributed by atoms with Crippen LogP contribution in [-0.2, 0) is 4.79 Å². The van der Waals surface area contributed by atoms with Gasteiger partial charge in [-0.25, -0.2) is 0 Å². The predicted octanol–water partition coefficient (Wildman–Crippen LogP) is 2.34. The van der Waals surface area contributed by atoms with Crippen molar-refractivity contribution < 1.29 is 4.79 Å². The molecule has 0 saturated heterocycles. The molecule has 0 spiro atoms. The van der Waals surface area contributed by atoms with Gasteiger partial charge in [-0.05, 0) is 38.5 Å². The number of carbonyl (C=O) groups excluding carboxylic acids is 1. The predicted molar refractivity (Wildman–Crippen MR) is 62.2 cm³/mol. The lowest BCUT2D eigenvalue weighted by Crippen LogP contribution is -2.33. The molecule has 0 atom stereocenters. The molecule has 1 amide bonds. The summed E-state index contributed by atoms with van der Waals surface area (Å²) < 4.78 is 0. The first-order chi connectivity index (χ1) is 7.24. The Kier molecular flexibility index (Phi) is 5.25. The molecule has 0 bridgehead atoms. The molecule has 1 saturated carbocycles. The number of nitrogens with one attached hydrogen (secondary N) is 1. The zero-order valence-corrected chi connectivity index (χ0v) is 9.81. The van der Waals surface area contributed by atoms with E-state index in [1.807, 2.05) is 6.92 Å². The van der Waals surface area contributed by atoms with Crippen LogP contribution in [0.1, 0.15) is 46.0 Å². The van der Waals surface area contributed by atoms with Crippen molar-refractivity contribution in [3.63, 3.8) is 0 Å². The van der Waals surface area contributed by atoms with Crippen molar-refractivity contribution in [2.75, 3.05) is 6.54 Å². The summed E-state index contributed by atoms with van der Waals surface area (Å²) >= 11 is 0. The van der Waals surface area contributed by atoms with E-state index >= 15 is 0 Å². The van der Waals surface area contributed by atoms with Crippen LogP contribution in [0.4, 0.5) is 0 Å². The lowest BCUT2D eigenvalue weighted by atomic mass is 9.82. The minimum atomic E-state index is 0.236. The fraction of sp³-hybridized carbons (Fsp3) is 0.769. The molecule has 0 aromatic carbocycles. The Bertz CT molecular complexity index is 253. The van der Waals surface area contributed by atoms with Gasteiger partial charge in [0.05, 0.1) is 0 Å². The minimum Gasteiger partial charge on any atom is -0.355 e. The molecule has 15 heavy (non-hydrogen) atoms. The van der Waals surface area contributed by atoms with Crippen LogP contribution >= 0.6 is 0 Å². The summed E-state index contributed by atoms with van der Waals surface area (Å²) in [6.45, 7) is 4.79.